The van der Waals surface area contributed by atoms with Crippen molar-refractivity contribution >= 4 is 0 Å². The summed E-state index contributed by atoms with van der Waals surface area (Å²) >= 11 is 0. The molecule has 66 valence electrons. The topological polar surface area (TPSA) is 63.6 Å². The Morgan fingerprint density at radius 1 is 1.31 bits per heavy atom. The van der Waals surface area contributed by atoms with E-state index in [0.717, 1.165) is 0 Å². The van der Waals surface area contributed by atoms with Crippen LogP contribution in [0.3, 0.4) is 0 Å². The minimum Gasteiger partial charge on any atom is -0.508 e. The highest BCUT2D eigenvalue weighted by Crippen LogP contribution is 2.21. The highest BCUT2D eigenvalue weighted by molar-refractivity contribution is 5.57. The molecule has 2 aromatic rings. The van der Waals surface area contributed by atoms with Crippen LogP contribution in [-0.4, -0.2) is 5.11 Å². The molecule has 1 heterocycles. The molecule has 1 N–H and O–H groups in total. The maximum atomic E-state index is 10.6. The van der Waals surface area contributed by atoms with Crippen LogP contribution in [0.2, 0.25) is 0 Å². The molecular formula is C9H6O4. The van der Waals surface area contributed by atoms with Gasteiger partial charge in [0.1, 0.15) is 12.0 Å². The zero-order valence-electron chi connectivity index (χ0n) is 6.56. The van der Waals surface area contributed by atoms with Crippen molar-refractivity contribution in [2.75, 3.05) is 0 Å². The Balaban J connectivity index is 2.52. The Kier molecular flexibility index (Phi) is 1.66. The highest BCUT2D eigenvalue weighted by Gasteiger charge is 2.04. The summed E-state index contributed by atoms with van der Waals surface area (Å²) < 4.78 is 9.15. The molecule has 0 aliphatic rings. The van der Waals surface area contributed by atoms with Crippen molar-refractivity contribution in [3.05, 3.63) is 41.1 Å². The average molecular weight is 178 g/mol. The quantitative estimate of drug-likeness (QED) is 0.720. The number of aromatic hydroxyl groups is 1. The predicted molar refractivity (Wildman–Crippen MR) is 44.3 cm³/mol. The van der Waals surface area contributed by atoms with Gasteiger partial charge in [-0.3, -0.25) is 0 Å². The van der Waals surface area contributed by atoms with Crippen LogP contribution >= 0.6 is 0 Å². The molecule has 0 radical (unpaired) electrons. The molecule has 1 aromatic heterocycles. The van der Waals surface area contributed by atoms with Gasteiger partial charge in [0, 0.05) is 5.56 Å². The van der Waals surface area contributed by atoms with E-state index in [0.29, 0.717) is 11.3 Å². The van der Waals surface area contributed by atoms with Crippen molar-refractivity contribution in [3.63, 3.8) is 0 Å². The second-order valence-corrected chi connectivity index (χ2v) is 2.50. The van der Waals surface area contributed by atoms with Crippen LogP contribution in [0.5, 0.6) is 5.75 Å². The second-order valence-electron chi connectivity index (χ2n) is 2.50. The normalized spacial score (nSPS) is 10.2. The smallest absolute Gasteiger partial charge is 0.508 e. The van der Waals surface area contributed by atoms with E-state index < -0.39 is 5.82 Å². The zero-order valence-corrected chi connectivity index (χ0v) is 6.56. The summed E-state index contributed by atoms with van der Waals surface area (Å²) in [6, 6.07) is 6.36. The monoisotopic (exact) mass is 178 g/mol. The maximum absolute atomic E-state index is 10.6. The van der Waals surface area contributed by atoms with Gasteiger partial charge in [-0.25, -0.2) is 4.79 Å². The van der Waals surface area contributed by atoms with E-state index in [1.165, 1.54) is 18.4 Å². The van der Waals surface area contributed by atoms with Crippen molar-refractivity contribution in [2.45, 2.75) is 0 Å². The third-order valence-corrected chi connectivity index (χ3v) is 1.59. The van der Waals surface area contributed by atoms with Crippen LogP contribution in [0.4, 0.5) is 0 Å². The van der Waals surface area contributed by atoms with Crippen molar-refractivity contribution in [1.82, 2.24) is 0 Å². The van der Waals surface area contributed by atoms with E-state index in [1.54, 1.807) is 12.1 Å². The van der Waals surface area contributed by atoms with Crippen LogP contribution < -0.4 is 5.82 Å². The molecule has 0 aliphatic heterocycles. The standard InChI is InChI=1S/C9H6O4/c10-7-3-1-2-6(4-7)8-5-12-9(11)13-8/h1-5,10H. The maximum Gasteiger partial charge on any atom is 0.519 e. The summed E-state index contributed by atoms with van der Waals surface area (Å²) in [5.41, 5.74) is 0.603. The molecule has 2 rings (SSSR count). The number of hydrogen-bond acceptors (Lipinski definition) is 4. The van der Waals surface area contributed by atoms with Crippen LogP contribution in [0.1, 0.15) is 0 Å². The Bertz CT molecular complexity index is 466. The third kappa shape index (κ3) is 1.46. The largest absolute Gasteiger partial charge is 0.519 e. The van der Waals surface area contributed by atoms with E-state index in [4.69, 9.17) is 9.52 Å². The highest BCUT2D eigenvalue weighted by atomic mass is 16.6. The summed E-state index contributed by atoms with van der Waals surface area (Å²) in [5.74, 6) is -0.333. The molecule has 0 saturated heterocycles. The molecule has 4 nitrogen and oxygen atoms in total. The van der Waals surface area contributed by atoms with Gasteiger partial charge in [0.25, 0.3) is 0 Å². The molecule has 0 atom stereocenters. The molecule has 4 heteroatoms. The second kappa shape index (κ2) is 2.82. The van der Waals surface area contributed by atoms with Gasteiger partial charge in [-0.05, 0) is 12.1 Å². The lowest BCUT2D eigenvalue weighted by atomic mass is 10.2. The van der Waals surface area contributed by atoms with Gasteiger partial charge < -0.3 is 13.9 Å². The Labute approximate surface area is 73.0 Å². The number of rotatable bonds is 1. The first kappa shape index (κ1) is 7.67. The molecule has 0 bridgehead atoms. The van der Waals surface area contributed by atoms with Crippen molar-refractivity contribution in [3.8, 4) is 17.1 Å². The van der Waals surface area contributed by atoms with Crippen molar-refractivity contribution < 1.29 is 13.9 Å². The molecule has 0 unspecified atom stereocenters. The number of benzene rings is 1. The third-order valence-electron chi connectivity index (χ3n) is 1.59. The summed E-state index contributed by atoms with van der Waals surface area (Å²) in [6.07, 6.45) is 1.21. The number of phenolic OH excluding ortho intramolecular Hbond substituents is 1. The van der Waals surface area contributed by atoms with Gasteiger partial charge >= 0.3 is 5.82 Å². The fraction of sp³-hybridized carbons (Fsp3) is 0. The fourth-order valence-electron chi connectivity index (χ4n) is 1.03. The van der Waals surface area contributed by atoms with Crippen LogP contribution in [0.15, 0.2) is 44.2 Å². The van der Waals surface area contributed by atoms with Gasteiger partial charge in [-0.2, -0.15) is 0 Å². The minimum absolute atomic E-state index is 0.112. The van der Waals surface area contributed by atoms with Crippen molar-refractivity contribution in [2.24, 2.45) is 0 Å². The summed E-state index contributed by atoms with van der Waals surface area (Å²) in [7, 11) is 0. The summed E-state index contributed by atoms with van der Waals surface area (Å²) in [5, 5.41) is 9.13. The molecule has 0 spiro atoms. The lowest BCUT2D eigenvalue weighted by molar-refractivity contribution is 0.389. The van der Waals surface area contributed by atoms with Gasteiger partial charge in [0.15, 0.2) is 5.76 Å². The molecule has 0 fully saturated rings. The van der Waals surface area contributed by atoms with Gasteiger partial charge in [-0.15, -0.1) is 0 Å². The van der Waals surface area contributed by atoms with E-state index >= 15 is 0 Å². The van der Waals surface area contributed by atoms with Gasteiger partial charge in [-0.1, -0.05) is 12.1 Å². The predicted octanol–water partition coefficient (Wildman–Crippen LogP) is 1.61. The molecule has 0 aliphatic carbocycles. The molecule has 0 amide bonds. The lowest BCUT2D eigenvalue weighted by Gasteiger charge is -1.94. The number of hydrogen-bond donors (Lipinski definition) is 1. The molecule has 1 aromatic carbocycles. The van der Waals surface area contributed by atoms with E-state index in [-0.39, 0.29) is 5.75 Å². The average Bonchev–Trinajstić information content (AvgIpc) is 2.52. The first-order chi connectivity index (χ1) is 6.25. The lowest BCUT2D eigenvalue weighted by Crippen LogP contribution is -1.85. The molecule has 0 saturated carbocycles. The molecule has 13 heavy (non-hydrogen) atoms. The fourth-order valence-corrected chi connectivity index (χ4v) is 1.03. The van der Waals surface area contributed by atoms with Crippen molar-refractivity contribution in [1.29, 1.82) is 0 Å². The summed E-state index contributed by atoms with van der Waals surface area (Å²) in [4.78, 5) is 10.6. The first-order valence-corrected chi connectivity index (χ1v) is 3.64. The van der Waals surface area contributed by atoms with E-state index in [1.807, 2.05) is 0 Å². The zero-order chi connectivity index (χ0) is 9.26. The van der Waals surface area contributed by atoms with E-state index in [2.05, 4.69) is 4.42 Å². The van der Waals surface area contributed by atoms with Crippen LogP contribution in [-0.2, 0) is 0 Å². The SMILES string of the molecule is O=c1occ(-c2cccc(O)c2)o1. The van der Waals surface area contributed by atoms with Gasteiger partial charge in [0.2, 0.25) is 0 Å². The van der Waals surface area contributed by atoms with Gasteiger partial charge in [0.05, 0.1) is 0 Å². The Morgan fingerprint density at radius 2 is 2.15 bits per heavy atom. The molecular weight excluding hydrogens is 172 g/mol. The minimum atomic E-state index is -0.752. The number of phenols is 1. The first-order valence-electron chi connectivity index (χ1n) is 3.64. The Morgan fingerprint density at radius 3 is 2.77 bits per heavy atom. The Hall–Kier alpha value is -1.97. The van der Waals surface area contributed by atoms with Crippen LogP contribution in [0, 0.1) is 0 Å². The van der Waals surface area contributed by atoms with E-state index in [9.17, 15) is 4.79 Å². The summed E-state index contributed by atoms with van der Waals surface area (Å²) in [6.45, 7) is 0. The van der Waals surface area contributed by atoms with Crippen LogP contribution in [0.25, 0.3) is 11.3 Å².